The van der Waals surface area contributed by atoms with E-state index in [0.717, 1.165) is 34.8 Å². The van der Waals surface area contributed by atoms with E-state index >= 15 is 0 Å². The fourth-order valence-electron chi connectivity index (χ4n) is 4.31. The number of nitrogens with one attached hydrogen (secondary N) is 1. The average Bonchev–Trinajstić information content (AvgIpc) is 3.46. The maximum atomic E-state index is 14.0. The summed E-state index contributed by atoms with van der Waals surface area (Å²) in [4.78, 5) is 22.0. The van der Waals surface area contributed by atoms with Gasteiger partial charge in [-0.25, -0.2) is 18.5 Å². The number of rotatable bonds is 9. The third-order valence-corrected chi connectivity index (χ3v) is 8.32. The van der Waals surface area contributed by atoms with Gasteiger partial charge in [-0.2, -0.15) is 0 Å². The van der Waals surface area contributed by atoms with Crippen molar-refractivity contribution in [3.63, 3.8) is 0 Å². The number of hydrogen-bond acceptors (Lipinski definition) is 5. The van der Waals surface area contributed by atoms with Crippen LogP contribution < -0.4 is 5.14 Å². The Hall–Kier alpha value is -3.40. The number of imidazole rings is 1. The summed E-state index contributed by atoms with van der Waals surface area (Å²) in [5.74, 6) is -0.0250. The Morgan fingerprint density at radius 2 is 1.83 bits per heavy atom. The van der Waals surface area contributed by atoms with Crippen molar-refractivity contribution in [1.82, 2.24) is 14.5 Å². The lowest BCUT2D eigenvalue weighted by molar-refractivity contribution is 0.0991. The number of hydrogen-bond donors (Lipinski definition) is 2. The normalized spacial score (nSPS) is 12.8. The minimum Gasteiger partial charge on any atom is -0.360 e. The van der Waals surface area contributed by atoms with E-state index in [-0.39, 0.29) is 10.7 Å². The third kappa shape index (κ3) is 4.69. The van der Waals surface area contributed by atoms with Crippen LogP contribution in [0.15, 0.2) is 89.0 Å². The molecule has 1 atom stereocenters. The van der Waals surface area contributed by atoms with E-state index in [1.54, 1.807) is 12.3 Å². The molecule has 0 saturated heterocycles. The van der Waals surface area contributed by atoms with Gasteiger partial charge in [0, 0.05) is 29.2 Å². The Morgan fingerprint density at radius 3 is 2.58 bits per heavy atom. The molecule has 0 radical (unpaired) electrons. The van der Waals surface area contributed by atoms with Crippen LogP contribution >= 0.6 is 11.8 Å². The Bertz CT molecular complexity index is 1660. The van der Waals surface area contributed by atoms with Crippen LogP contribution in [0.5, 0.6) is 0 Å². The second-order valence-electron chi connectivity index (χ2n) is 8.62. The van der Waals surface area contributed by atoms with Gasteiger partial charge in [-0.3, -0.25) is 4.79 Å². The van der Waals surface area contributed by atoms with E-state index in [2.05, 4.69) is 16.5 Å². The van der Waals surface area contributed by atoms with Gasteiger partial charge in [0.2, 0.25) is 10.0 Å². The Balaban J connectivity index is 1.62. The minimum atomic E-state index is -3.86. The first-order valence-electron chi connectivity index (χ1n) is 11.7. The molecule has 5 aromatic rings. The summed E-state index contributed by atoms with van der Waals surface area (Å²) in [7, 11) is -3.86. The maximum Gasteiger partial charge on any atom is 0.238 e. The number of unbranched alkanes of at least 4 members (excludes halogenated alkanes) is 1. The Morgan fingerprint density at radius 1 is 1.08 bits per heavy atom. The van der Waals surface area contributed by atoms with Crippen molar-refractivity contribution in [2.24, 2.45) is 5.14 Å². The number of sulfonamides is 1. The molecule has 9 heteroatoms. The van der Waals surface area contributed by atoms with E-state index < -0.39 is 15.3 Å². The fourth-order valence-corrected chi connectivity index (χ4v) is 6.05. The van der Waals surface area contributed by atoms with Crippen LogP contribution in [0.25, 0.3) is 21.9 Å². The van der Waals surface area contributed by atoms with Gasteiger partial charge >= 0.3 is 0 Å². The SMILES string of the molecule is CCCCn1c(S[C@@H](C(=O)c2c[nH]c3ccccc23)c2ccccc2)nc2cc(S(N)(=O)=O)ccc21. The number of nitrogens with zero attached hydrogens (tertiary/aromatic N) is 2. The zero-order chi connectivity index (χ0) is 25.3. The van der Waals surface area contributed by atoms with Crippen LogP contribution in [0, 0.1) is 0 Å². The number of thioether (sulfide) groups is 1. The molecule has 0 aliphatic rings. The Kier molecular flexibility index (Phi) is 6.70. The number of ketones is 1. The summed E-state index contributed by atoms with van der Waals surface area (Å²) >= 11 is 1.38. The van der Waals surface area contributed by atoms with E-state index in [1.165, 1.54) is 23.9 Å². The summed E-state index contributed by atoms with van der Waals surface area (Å²) in [6.45, 7) is 2.81. The lowest BCUT2D eigenvalue weighted by Crippen LogP contribution is -2.12. The molecule has 2 aromatic heterocycles. The molecule has 0 aliphatic heterocycles. The number of H-pyrrole nitrogens is 1. The van der Waals surface area contributed by atoms with Gasteiger partial charge in [-0.05, 0) is 36.2 Å². The fraction of sp³-hybridized carbons (Fsp3) is 0.185. The van der Waals surface area contributed by atoms with Crippen LogP contribution in [0.2, 0.25) is 0 Å². The van der Waals surface area contributed by atoms with Gasteiger partial charge < -0.3 is 9.55 Å². The summed E-state index contributed by atoms with van der Waals surface area (Å²) in [5.41, 5.74) is 3.75. The van der Waals surface area contributed by atoms with Gasteiger partial charge in [0.25, 0.3) is 0 Å². The van der Waals surface area contributed by atoms with Crippen molar-refractivity contribution in [2.45, 2.75) is 41.6 Å². The van der Waals surface area contributed by atoms with Crippen molar-refractivity contribution < 1.29 is 13.2 Å². The van der Waals surface area contributed by atoms with Gasteiger partial charge in [0.1, 0.15) is 5.25 Å². The first-order valence-corrected chi connectivity index (χ1v) is 14.1. The lowest BCUT2D eigenvalue weighted by Gasteiger charge is -2.17. The average molecular weight is 519 g/mol. The van der Waals surface area contributed by atoms with E-state index in [0.29, 0.717) is 22.8 Å². The number of benzene rings is 3. The number of para-hydroxylation sites is 1. The largest absolute Gasteiger partial charge is 0.360 e. The summed E-state index contributed by atoms with van der Waals surface area (Å²) < 4.78 is 25.9. The molecule has 7 nitrogen and oxygen atoms in total. The van der Waals surface area contributed by atoms with E-state index in [9.17, 15) is 13.2 Å². The molecule has 3 aromatic carbocycles. The molecule has 36 heavy (non-hydrogen) atoms. The zero-order valence-electron chi connectivity index (χ0n) is 19.7. The first-order chi connectivity index (χ1) is 17.4. The van der Waals surface area contributed by atoms with Crippen molar-refractivity contribution in [3.8, 4) is 0 Å². The van der Waals surface area contributed by atoms with Gasteiger partial charge in [0.15, 0.2) is 10.9 Å². The van der Waals surface area contributed by atoms with Gasteiger partial charge in [-0.15, -0.1) is 0 Å². The smallest absolute Gasteiger partial charge is 0.238 e. The van der Waals surface area contributed by atoms with Crippen LogP contribution in [-0.2, 0) is 16.6 Å². The second kappa shape index (κ2) is 9.93. The van der Waals surface area contributed by atoms with Gasteiger partial charge in [0.05, 0.1) is 15.9 Å². The van der Waals surface area contributed by atoms with Crippen molar-refractivity contribution in [1.29, 1.82) is 0 Å². The minimum absolute atomic E-state index is 0.0150. The lowest BCUT2D eigenvalue weighted by atomic mass is 10.0. The molecule has 0 amide bonds. The van der Waals surface area contributed by atoms with Crippen molar-refractivity contribution in [2.75, 3.05) is 0 Å². The highest BCUT2D eigenvalue weighted by atomic mass is 32.2. The van der Waals surface area contributed by atoms with Crippen LogP contribution in [0.4, 0.5) is 0 Å². The molecular formula is C27H26N4O3S2. The first kappa shape index (κ1) is 24.3. The summed E-state index contributed by atoms with van der Waals surface area (Å²) in [6.07, 6.45) is 3.67. The number of carbonyl (C=O) groups excluding carboxylic acids is 1. The molecule has 0 bridgehead atoms. The van der Waals surface area contributed by atoms with Gasteiger partial charge in [-0.1, -0.05) is 73.6 Å². The highest BCUT2D eigenvalue weighted by molar-refractivity contribution is 8.00. The quantitative estimate of drug-likeness (QED) is 0.193. The standard InChI is InChI=1S/C27H26N4O3S2/c1-2-3-15-31-24-14-13-19(36(28,33)34)16-23(24)30-27(31)35-26(18-9-5-4-6-10-18)25(32)21-17-29-22-12-8-7-11-20(21)22/h4-14,16-17,26,29H,2-3,15H2,1H3,(H2,28,33,34)/t26-/m1/s1. The number of nitrogens with two attached hydrogens (primary N) is 1. The second-order valence-corrected chi connectivity index (χ2v) is 11.2. The van der Waals surface area contributed by atoms with Crippen molar-refractivity contribution in [3.05, 3.63) is 90.1 Å². The molecule has 0 spiro atoms. The molecule has 0 unspecified atom stereocenters. The molecule has 5 rings (SSSR count). The molecule has 3 N–H and O–H groups in total. The number of aromatic nitrogens is 3. The molecule has 0 fully saturated rings. The highest BCUT2D eigenvalue weighted by Gasteiger charge is 2.28. The number of aryl methyl sites for hydroxylation is 1. The van der Waals surface area contributed by atoms with Crippen molar-refractivity contribution >= 4 is 49.5 Å². The predicted molar refractivity (Wildman–Crippen MR) is 144 cm³/mol. The Labute approximate surface area is 213 Å². The zero-order valence-corrected chi connectivity index (χ0v) is 21.4. The summed E-state index contributed by atoms with van der Waals surface area (Å²) in [6, 6.07) is 22.1. The molecule has 184 valence electrons. The predicted octanol–water partition coefficient (Wildman–Crippen LogP) is 5.68. The number of carbonyl (C=O) groups is 1. The maximum absolute atomic E-state index is 14.0. The topological polar surface area (TPSA) is 111 Å². The van der Waals surface area contributed by atoms with Crippen LogP contribution in [-0.4, -0.2) is 28.7 Å². The summed E-state index contributed by atoms with van der Waals surface area (Å²) in [5, 5.41) is 6.35. The molecule has 0 saturated carbocycles. The highest BCUT2D eigenvalue weighted by Crippen LogP contribution is 2.40. The van der Waals surface area contributed by atoms with E-state index in [1.807, 2.05) is 54.6 Å². The molecule has 2 heterocycles. The monoisotopic (exact) mass is 518 g/mol. The molecular weight excluding hydrogens is 492 g/mol. The number of aromatic amines is 1. The van der Waals surface area contributed by atoms with Crippen LogP contribution in [0.1, 0.15) is 40.9 Å². The molecule has 0 aliphatic carbocycles. The van der Waals surface area contributed by atoms with E-state index in [4.69, 9.17) is 10.1 Å². The number of Topliss-reactive ketones (excluding diaryl/α,β-unsaturated/α-hetero) is 1. The van der Waals surface area contributed by atoms with Crippen LogP contribution in [0.3, 0.4) is 0 Å². The number of primary sulfonamides is 1. The third-order valence-electron chi connectivity index (χ3n) is 6.17. The number of fused-ring (bicyclic) bond motifs is 2.